The van der Waals surface area contributed by atoms with Gasteiger partial charge in [-0.1, -0.05) is 11.6 Å². The lowest BCUT2D eigenvalue weighted by atomic mass is 10.1. The van der Waals surface area contributed by atoms with Crippen molar-refractivity contribution in [3.63, 3.8) is 0 Å². The number of halogens is 1. The van der Waals surface area contributed by atoms with Gasteiger partial charge < -0.3 is 0 Å². The third kappa shape index (κ3) is 2.58. The smallest absolute Gasteiger partial charge is 0.151 e. The van der Waals surface area contributed by atoms with Crippen LogP contribution in [0.3, 0.4) is 0 Å². The van der Waals surface area contributed by atoms with Crippen LogP contribution in [0.15, 0.2) is 12.1 Å². The van der Waals surface area contributed by atoms with Crippen LogP contribution in [0.2, 0.25) is 5.15 Å². The molecule has 1 aliphatic rings. The highest BCUT2D eigenvalue weighted by molar-refractivity contribution is 8.00. The van der Waals surface area contributed by atoms with Crippen LogP contribution >= 0.6 is 23.4 Å². The van der Waals surface area contributed by atoms with E-state index >= 15 is 0 Å². The molecule has 0 aliphatic carbocycles. The lowest BCUT2D eigenvalue weighted by Crippen LogP contribution is -2.04. The van der Waals surface area contributed by atoms with Gasteiger partial charge in [0.2, 0.25) is 0 Å². The van der Waals surface area contributed by atoms with Crippen LogP contribution in [-0.4, -0.2) is 21.2 Å². The number of nitrogens with zero attached hydrogens (tertiary/aromatic N) is 2. The second-order valence-corrected chi connectivity index (χ2v) is 4.98. The molecule has 1 saturated heterocycles. The van der Waals surface area contributed by atoms with E-state index < -0.39 is 0 Å². The van der Waals surface area contributed by atoms with Crippen molar-refractivity contribution in [3.05, 3.63) is 23.0 Å². The lowest BCUT2D eigenvalue weighted by molar-refractivity contribution is 0.751. The average Bonchev–Trinajstić information content (AvgIpc) is 2.62. The maximum atomic E-state index is 5.65. The third-order valence-corrected chi connectivity index (χ3v) is 3.75. The molecule has 1 fully saturated rings. The minimum atomic E-state index is 0.475. The Morgan fingerprint density at radius 2 is 2.38 bits per heavy atom. The standard InChI is InChI=1S/C9H11ClN2S/c10-9-4-3-7(11-12-9)6-8-2-1-5-13-8/h3-4,8H,1-2,5-6H2. The molecular formula is C9H11ClN2S. The number of rotatable bonds is 2. The Bertz CT molecular complexity index is 269. The third-order valence-electron chi connectivity index (χ3n) is 2.15. The van der Waals surface area contributed by atoms with Crippen LogP contribution in [0.5, 0.6) is 0 Å². The summed E-state index contributed by atoms with van der Waals surface area (Å²) >= 11 is 7.69. The van der Waals surface area contributed by atoms with Gasteiger partial charge in [-0.25, -0.2) is 0 Å². The van der Waals surface area contributed by atoms with Crippen LogP contribution in [0.25, 0.3) is 0 Å². The van der Waals surface area contributed by atoms with Crippen molar-refractivity contribution in [1.29, 1.82) is 0 Å². The molecule has 0 saturated carbocycles. The molecule has 0 N–H and O–H groups in total. The van der Waals surface area contributed by atoms with Gasteiger partial charge in [0.05, 0.1) is 5.69 Å². The molecule has 70 valence electrons. The number of aromatic nitrogens is 2. The highest BCUT2D eigenvalue weighted by Gasteiger charge is 2.16. The van der Waals surface area contributed by atoms with E-state index in [1.807, 2.05) is 23.9 Å². The minimum Gasteiger partial charge on any atom is -0.158 e. The second-order valence-electron chi connectivity index (χ2n) is 3.19. The molecule has 1 unspecified atom stereocenters. The van der Waals surface area contributed by atoms with Gasteiger partial charge >= 0.3 is 0 Å². The second kappa shape index (κ2) is 4.29. The Morgan fingerprint density at radius 1 is 1.46 bits per heavy atom. The van der Waals surface area contributed by atoms with E-state index in [1.165, 1.54) is 18.6 Å². The largest absolute Gasteiger partial charge is 0.158 e. The van der Waals surface area contributed by atoms with Crippen LogP contribution < -0.4 is 0 Å². The first-order valence-electron chi connectivity index (χ1n) is 4.44. The van der Waals surface area contributed by atoms with Gasteiger partial charge in [0, 0.05) is 11.7 Å². The van der Waals surface area contributed by atoms with E-state index in [0.29, 0.717) is 5.15 Å². The predicted octanol–water partition coefficient (Wildman–Crippen LogP) is 2.57. The molecule has 2 nitrogen and oxygen atoms in total. The molecule has 1 aromatic rings. The fourth-order valence-electron chi connectivity index (χ4n) is 1.49. The predicted molar refractivity (Wildman–Crippen MR) is 56.2 cm³/mol. The molecule has 1 aromatic heterocycles. The monoisotopic (exact) mass is 214 g/mol. The van der Waals surface area contributed by atoms with Crippen LogP contribution in [0.1, 0.15) is 18.5 Å². The van der Waals surface area contributed by atoms with Crippen LogP contribution in [0.4, 0.5) is 0 Å². The summed E-state index contributed by atoms with van der Waals surface area (Å²) in [4.78, 5) is 0. The Morgan fingerprint density at radius 3 is 3.00 bits per heavy atom. The summed E-state index contributed by atoms with van der Waals surface area (Å²) in [5.74, 6) is 1.30. The normalized spacial score (nSPS) is 22.1. The molecule has 0 radical (unpaired) electrons. The summed E-state index contributed by atoms with van der Waals surface area (Å²) in [6, 6.07) is 3.78. The Labute approximate surface area is 87.1 Å². The molecule has 4 heteroatoms. The zero-order valence-corrected chi connectivity index (χ0v) is 8.81. The highest BCUT2D eigenvalue weighted by atomic mass is 35.5. The topological polar surface area (TPSA) is 25.8 Å². The molecular weight excluding hydrogens is 204 g/mol. The van der Waals surface area contributed by atoms with E-state index in [2.05, 4.69) is 10.2 Å². The summed E-state index contributed by atoms with van der Waals surface area (Å²) in [5.41, 5.74) is 1.06. The Balaban J connectivity index is 1.97. The van der Waals surface area contributed by atoms with Crippen molar-refractivity contribution in [1.82, 2.24) is 10.2 Å². The maximum Gasteiger partial charge on any atom is 0.151 e. The van der Waals surface area contributed by atoms with Gasteiger partial charge in [-0.05, 0) is 30.7 Å². The van der Waals surface area contributed by atoms with Crippen molar-refractivity contribution >= 4 is 23.4 Å². The molecule has 2 heterocycles. The summed E-state index contributed by atoms with van der Waals surface area (Å²) in [7, 11) is 0. The SMILES string of the molecule is Clc1ccc(CC2CCCS2)nn1. The molecule has 0 bridgehead atoms. The quantitative estimate of drug-likeness (QED) is 0.757. The van der Waals surface area contributed by atoms with Crippen molar-refractivity contribution in [2.45, 2.75) is 24.5 Å². The summed E-state index contributed by atoms with van der Waals surface area (Å²) < 4.78 is 0. The molecule has 1 aliphatic heterocycles. The van der Waals surface area contributed by atoms with Gasteiger partial charge in [-0.2, -0.15) is 16.9 Å². The van der Waals surface area contributed by atoms with Gasteiger partial charge in [0.1, 0.15) is 0 Å². The van der Waals surface area contributed by atoms with Crippen molar-refractivity contribution in [2.24, 2.45) is 0 Å². The number of hydrogen-bond acceptors (Lipinski definition) is 3. The summed E-state index contributed by atoms with van der Waals surface area (Å²) in [6.45, 7) is 0. The fraction of sp³-hybridized carbons (Fsp3) is 0.556. The van der Waals surface area contributed by atoms with Gasteiger partial charge in [0.25, 0.3) is 0 Å². The van der Waals surface area contributed by atoms with Crippen molar-refractivity contribution < 1.29 is 0 Å². The average molecular weight is 215 g/mol. The first-order valence-corrected chi connectivity index (χ1v) is 5.87. The van der Waals surface area contributed by atoms with Crippen LogP contribution in [0, 0.1) is 0 Å². The van der Waals surface area contributed by atoms with Crippen molar-refractivity contribution in [2.75, 3.05) is 5.75 Å². The van der Waals surface area contributed by atoms with E-state index in [9.17, 15) is 0 Å². The maximum absolute atomic E-state index is 5.65. The highest BCUT2D eigenvalue weighted by Crippen LogP contribution is 2.28. The van der Waals surface area contributed by atoms with E-state index in [1.54, 1.807) is 0 Å². The molecule has 2 rings (SSSR count). The summed E-state index contributed by atoms with van der Waals surface area (Å²) in [6.07, 6.45) is 3.69. The van der Waals surface area contributed by atoms with Crippen molar-refractivity contribution in [3.8, 4) is 0 Å². The van der Waals surface area contributed by atoms with Gasteiger partial charge in [-0.3, -0.25) is 0 Å². The molecule has 13 heavy (non-hydrogen) atoms. The molecule has 0 amide bonds. The molecule has 1 atom stereocenters. The number of thioether (sulfide) groups is 1. The Hall–Kier alpha value is -0.280. The first-order chi connectivity index (χ1) is 6.34. The van der Waals surface area contributed by atoms with Gasteiger partial charge in [0.15, 0.2) is 5.15 Å². The minimum absolute atomic E-state index is 0.475. The lowest BCUT2D eigenvalue weighted by Gasteiger charge is -2.05. The van der Waals surface area contributed by atoms with E-state index in [0.717, 1.165) is 17.4 Å². The van der Waals surface area contributed by atoms with Gasteiger partial charge in [-0.15, -0.1) is 5.10 Å². The molecule has 0 spiro atoms. The van der Waals surface area contributed by atoms with E-state index in [4.69, 9.17) is 11.6 Å². The van der Waals surface area contributed by atoms with Crippen LogP contribution in [-0.2, 0) is 6.42 Å². The Kier molecular flexibility index (Phi) is 3.06. The summed E-state index contributed by atoms with van der Waals surface area (Å²) in [5, 5.41) is 9.09. The first kappa shape index (κ1) is 9.28. The van der Waals surface area contributed by atoms with E-state index in [-0.39, 0.29) is 0 Å². The number of hydrogen-bond donors (Lipinski definition) is 0. The zero-order valence-electron chi connectivity index (χ0n) is 7.24. The molecule has 0 aromatic carbocycles. The fourth-order valence-corrected chi connectivity index (χ4v) is 2.88. The zero-order chi connectivity index (χ0) is 9.10.